The van der Waals surface area contributed by atoms with Crippen LogP contribution in [0, 0.1) is 0 Å². The molecule has 0 unspecified atom stereocenters. The predicted octanol–water partition coefficient (Wildman–Crippen LogP) is 1.02. The van der Waals surface area contributed by atoms with Crippen LogP contribution in [0.2, 0.25) is 0 Å². The number of fused-ring (bicyclic) bond motifs is 1. The third-order valence-corrected chi connectivity index (χ3v) is 4.20. The molecule has 22 heavy (non-hydrogen) atoms. The van der Waals surface area contributed by atoms with Gasteiger partial charge in [-0.1, -0.05) is 0 Å². The lowest BCUT2D eigenvalue weighted by molar-refractivity contribution is -0.0368. The Kier molecular flexibility index (Phi) is 4.31. The number of aromatic nitrogens is 1. The van der Waals surface area contributed by atoms with Crippen molar-refractivity contribution < 1.29 is 14.3 Å². The van der Waals surface area contributed by atoms with Gasteiger partial charge in [0.25, 0.3) is 5.91 Å². The van der Waals surface area contributed by atoms with Gasteiger partial charge in [-0.05, 0) is 33.0 Å². The Labute approximate surface area is 131 Å². The Hall–Kier alpha value is -1.66. The Morgan fingerprint density at radius 1 is 1.45 bits per heavy atom. The van der Waals surface area contributed by atoms with Gasteiger partial charge < -0.3 is 14.4 Å². The van der Waals surface area contributed by atoms with Gasteiger partial charge in [0, 0.05) is 25.8 Å². The molecule has 0 bridgehead atoms. The van der Waals surface area contributed by atoms with Crippen LogP contribution in [0.15, 0.2) is 18.3 Å². The van der Waals surface area contributed by atoms with Crippen LogP contribution in [0.25, 0.3) is 0 Å². The van der Waals surface area contributed by atoms with Crippen LogP contribution < -0.4 is 4.74 Å². The summed E-state index contributed by atoms with van der Waals surface area (Å²) in [6, 6.07) is 3.86. The van der Waals surface area contributed by atoms with Gasteiger partial charge in [0.1, 0.15) is 0 Å². The number of morpholine rings is 1. The van der Waals surface area contributed by atoms with Gasteiger partial charge in [-0.25, -0.2) is 4.98 Å². The van der Waals surface area contributed by atoms with Gasteiger partial charge in [-0.15, -0.1) is 0 Å². The summed E-state index contributed by atoms with van der Waals surface area (Å²) in [4.78, 5) is 21.1. The molecule has 1 amide bonds. The van der Waals surface area contributed by atoms with Crippen LogP contribution in [0.4, 0.5) is 0 Å². The minimum Gasteiger partial charge on any atom is -0.489 e. The van der Waals surface area contributed by atoms with E-state index in [0.717, 1.165) is 13.2 Å². The van der Waals surface area contributed by atoms with Gasteiger partial charge in [0.2, 0.25) is 0 Å². The van der Waals surface area contributed by atoms with E-state index in [1.54, 1.807) is 18.3 Å². The fourth-order valence-electron chi connectivity index (χ4n) is 3.07. The third-order valence-electron chi connectivity index (χ3n) is 4.20. The number of carbonyl (C=O) groups excluding carboxylic acids is 1. The van der Waals surface area contributed by atoms with Gasteiger partial charge >= 0.3 is 0 Å². The first kappa shape index (κ1) is 15.2. The summed E-state index contributed by atoms with van der Waals surface area (Å²) >= 11 is 0. The van der Waals surface area contributed by atoms with E-state index in [1.807, 2.05) is 18.7 Å². The Morgan fingerprint density at radius 2 is 2.27 bits per heavy atom. The zero-order valence-corrected chi connectivity index (χ0v) is 13.4. The second-order valence-corrected chi connectivity index (χ2v) is 6.18. The summed E-state index contributed by atoms with van der Waals surface area (Å²) in [7, 11) is 2.09. The molecule has 6 heteroatoms. The maximum Gasteiger partial charge on any atom is 0.276 e. The first-order valence-electron chi connectivity index (χ1n) is 7.79. The first-order chi connectivity index (χ1) is 10.6. The van der Waals surface area contributed by atoms with Gasteiger partial charge in [-0.2, -0.15) is 0 Å². The molecule has 1 aromatic heterocycles. The van der Waals surface area contributed by atoms with E-state index in [4.69, 9.17) is 9.47 Å². The van der Waals surface area contributed by atoms with E-state index in [-0.39, 0.29) is 24.2 Å². The van der Waals surface area contributed by atoms with Crippen molar-refractivity contribution in [3.63, 3.8) is 0 Å². The summed E-state index contributed by atoms with van der Waals surface area (Å²) in [5.74, 6) is 0.467. The van der Waals surface area contributed by atoms with Crippen molar-refractivity contribution in [2.24, 2.45) is 0 Å². The van der Waals surface area contributed by atoms with Crippen LogP contribution in [0.5, 0.6) is 5.75 Å². The maximum atomic E-state index is 12.8. The second kappa shape index (κ2) is 6.22. The topological polar surface area (TPSA) is 54.9 Å². The molecule has 0 N–H and O–H groups in total. The normalized spacial score (nSPS) is 25.4. The molecule has 0 aromatic carbocycles. The summed E-state index contributed by atoms with van der Waals surface area (Å²) in [6.45, 7) is 6.81. The van der Waals surface area contributed by atoms with E-state index in [9.17, 15) is 4.79 Å². The number of likely N-dealkylation sites (tertiary alicyclic amines) is 1. The molecule has 2 aliphatic heterocycles. The average molecular weight is 305 g/mol. The van der Waals surface area contributed by atoms with E-state index in [0.29, 0.717) is 24.5 Å². The standard InChI is InChI=1S/C16H23N3O3/c1-11(2)22-13-5-4-6-17-15(13)16(20)19-9-12-14(10-19)21-8-7-18(12)3/h4-6,11-12,14H,7-10H2,1-3H3/t12-,14+/m0/s1. The quantitative estimate of drug-likeness (QED) is 0.835. The smallest absolute Gasteiger partial charge is 0.276 e. The minimum absolute atomic E-state index is 0.00590. The first-order valence-corrected chi connectivity index (χ1v) is 7.79. The lowest BCUT2D eigenvalue weighted by Crippen LogP contribution is -2.48. The zero-order chi connectivity index (χ0) is 15.7. The number of ether oxygens (including phenoxy) is 2. The number of nitrogens with zero attached hydrogens (tertiary/aromatic N) is 3. The molecule has 0 saturated carbocycles. The van der Waals surface area contributed by atoms with Crippen LogP contribution >= 0.6 is 0 Å². The molecule has 0 radical (unpaired) electrons. The molecule has 3 heterocycles. The molecular weight excluding hydrogens is 282 g/mol. The highest BCUT2D eigenvalue weighted by molar-refractivity contribution is 5.95. The highest BCUT2D eigenvalue weighted by Crippen LogP contribution is 2.25. The van der Waals surface area contributed by atoms with Crippen LogP contribution in [-0.2, 0) is 4.74 Å². The SMILES string of the molecule is CC(C)Oc1cccnc1C(=O)N1C[C@H]2OCCN(C)[C@H]2C1. The Bertz CT molecular complexity index is 549. The number of rotatable bonds is 3. The fourth-order valence-corrected chi connectivity index (χ4v) is 3.07. The molecule has 2 aliphatic rings. The number of hydrogen-bond acceptors (Lipinski definition) is 5. The summed E-state index contributed by atoms with van der Waals surface area (Å²) in [5.41, 5.74) is 0.387. The fraction of sp³-hybridized carbons (Fsp3) is 0.625. The Morgan fingerprint density at radius 3 is 3.00 bits per heavy atom. The summed E-state index contributed by atoms with van der Waals surface area (Å²) in [6.07, 6.45) is 1.74. The number of carbonyl (C=O) groups is 1. The van der Waals surface area contributed by atoms with E-state index >= 15 is 0 Å². The van der Waals surface area contributed by atoms with Gasteiger partial charge in [0.05, 0.1) is 24.9 Å². The lowest BCUT2D eigenvalue weighted by Gasteiger charge is -2.33. The molecule has 0 spiro atoms. The summed E-state index contributed by atoms with van der Waals surface area (Å²) in [5, 5.41) is 0. The van der Waals surface area contributed by atoms with Crippen molar-refractivity contribution in [1.82, 2.24) is 14.8 Å². The number of amides is 1. The predicted molar refractivity (Wildman–Crippen MR) is 82.1 cm³/mol. The maximum absolute atomic E-state index is 12.8. The molecule has 3 rings (SSSR count). The molecule has 120 valence electrons. The minimum atomic E-state index is -0.0809. The number of likely N-dealkylation sites (N-methyl/N-ethyl adjacent to an activating group) is 1. The molecular formula is C16H23N3O3. The van der Waals surface area contributed by atoms with E-state index in [1.165, 1.54) is 0 Å². The molecule has 2 atom stereocenters. The van der Waals surface area contributed by atoms with Crippen LogP contribution in [0.1, 0.15) is 24.3 Å². The lowest BCUT2D eigenvalue weighted by atomic mass is 10.1. The van der Waals surface area contributed by atoms with Crippen molar-refractivity contribution in [3.05, 3.63) is 24.0 Å². The van der Waals surface area contributed by atoms with Crippen LogP contribution in [0.3, 0.4) is 0 Å². The zero-order valence-electron chi connectivity index (χ0n) is 13.4. The molecule has 1 aromatic rings. The molecule has 2 fully saturated rings. The number of pyridine rings is 1. The van der Waals surface area contributed by atoms with Crippen molar-refractivity contribution in [1.29, 1.82) is 0 Å². The van der Waals surface area contributed by atoms with E-state index < -0.39 is 0 Å². The van der Waals surface area contributed by atoms with Gasteiger partial charge in [-0.3, -0.25) is 9.69 Å². The highest BCUT2D eigenvalue weighted by atomic mass is 16.5. The number of hydrogen-bond donors (Lipinski definition) is 0. The van der Waals surface area contributed by atoms with Crippen molar-refractivity contribution in [2.75, 3.05) is 33.3 Å². The second-order valence-electron chi connectivity index (χ2n) is 6.18. The third kappa shape index (κ3) is 2.94. The van der Waals surface area contributed by atoms with Crippen molar-refractivity contribution in [2.45, 2.75) is 32.1 Å². The molecule has 2 saturated heterocycles. The molecule has 0 aliphatic carbocycles. The van der Waals surface area contributed by atoms with Gasteiger partial charge in [0.15, 0.2) is 11.4 Å². The van der Waals surface area contributed by atoms with Crippen molar-refractivity contribution >= 4 is 5.91 Å². The van der Waals surface area contributed by atoms with Crippen molar-refractivity contribution in [3.8, 4) is 5.75 Å². The average Bonchev–Trinajstić information content (AvgIpc) is 2.92. The Balaban J connectivity index is 1.77. The summed E-state index contributed by atoms with van der Waals surface area (Å²) < 4.78 is 11.5. The highest BCUT2D eigenvalue weighted by Gasteiger charge is 2.41. The molecule has 6 nitrogen and oxygen atoms in total. The van der Waals surface area contributed by atoms with E-state index in [2.05, 4.69) is 16.9 Å². The monoisotopic (exact) mass is 305 g/mol. The van der Waals surface area contributed by atoms with Crippen LogP contribution in [-0.4, -0.2) is 72.2 Å². The largest absolute Gasteiger partial charge is 0.489 e.